The number of fused-ring (bicyclic) bond motifs is 2. The van der Waals surface area contributed by atoms with Gasteiger partial charge in [-0.2, -0.15) is 0 Å². The Labute approximate surface area is 188 Å². The second kappa shape index (κ2) is 7.99. The third kappa shape index (κ3) is 3.96. The summed E-state index contributed by atoms with van der Waals surface area (Å²) in [6.45, 7) is 11.5. The van der Waals surface area contributed by atoms with E-state index in [-0.39, 0.29) is 0 Å². The van der Waals surface area contributed by atoms with Crippen LogP contribution in [0.1, 0.15) is 49.3 Å². The third-order valence-corrected chi connectivity index (χ3v) is 5.58. The van der Waals surface area contributed by atoms with Gasteiger partial charge in [-0.15, -0.1) is 0 Å². The van der Waals surface area contributed by atoms with Crippen LogP contribution in [-0.4, -0.2) is 26.6 Å². The lowest BCUT2D eigenvalue weighted by Gasteiger charge is -2.28. The van der Waals surface area contributed by atoms with Crippen LogP contribution in [0, 0.1) is 20.8 Å². The Bertz CT molecular complexity index is 1350. The number of aliphatic carboxylic acids is 1. The molecule has 4 aromatic rings. The van der Waals surface area contributed by atoms with Crippen LogP contribution < -0.4 is 0 Å². The number of nitrogens with zero attached hydrogens (tertiary/aromatic N) is 2. The molecule has 1 atom stereocenters. The van der Waals surface area contributed by atoms with Crippen LogP contribution in [0.5, 0.6) is 0 Å². The molecule has 0 aliphatic rings. The van der Waals surface area contributed by atoms with Gasteiger partial charge in [-0.25, -0.2) is 4.79 Å². The lowest BCUT2D eigenvalue weighted by Crippen LogP contribution is -2.28. The SMILES string of the molecule is Cc1ccc2c(-c3ccc(C)c4cccnc34)c([C@H](OC(C)(C)C)C(=O)O)c(C)nc2c1. The molecule has 1 N–H and O–H groups in total. The standard InChI is InChI=1S/C27H28N2O3/c1-15-9-11-19-21(14-15)29-17(3)22(25(26(30)31)32-27(4,5)6)23(19)20-12-10-16(2)18-8-7-13-28-24(18)20/h7-14,25H,1-6H3,(H,30,31)/t25-/m0/s1. The second-order valence-electron chi connectivity index (χ2n) is 9.28. The number of carboxylic acids is 1. The summed E-state index contributed by atoms with van der Waals surface area (Å²) in [5, 5.41) is 12.1. The highest BCUT2D eigenvalue weighted by molar-refractivity contribution is 6.06. The zero-order valence-corrected chi connectivity index (χ0v) is 19.4. The topological polar surface area (TPSA) is 72.3 Å². The van der Waals surface area contributed by atoms with E-state index < -0.39 is 17.7 Å². The predicted octanol–water partition coefficient (Wildman–Crippen LogP) is 6.32. The van der Waals surface area contributed by atoms with Gasteiger partial charge in [-0.1, -0.05) is 30.3 Å². The molecule has 0 amide bonds. The second-order valence-corrected chi connectivity index (χ2v) is 9.28. The summed E-state index contributed by atoms with van der Waals surface area (Å²) < 4.78 is 6.08. The Balaban J connectivity index is 2.17. The number of hydrogen-bond acceptors (Lipinski definition) is 4. The number of pyridine rings is 2. The van der Waals surface area contributed by atoms with Crippen molar-refractivity contribution >= 4 is 27.8 Å². The maximum atomic E-state index is 12.5. The number of aromatic nitrogens is 2. The Morgan fingerprint density at radius 3 is 2.47 bits per heavy atom. The number of hydrogen-bond donors (Lipinski definition) is 1. The molecule has 4 rings (SSSR count). The monoisotopic (exact) mass is 428 g/mol. The van der Waals surface area contributed by atoms with E-state index in [1.807, 2.05) is 71.0 Å². The third-order valence-electron chi connectivity index (χ3n) is 5.58. The molecule has 0 saturated heterocycles. The van der Waals surface area contributed by atoms with Crippen molar-refractivity contribution in [1.29, 1.82) is 0 Å². The number of rotatable bonds is 4. The molecule has 2 aromatic heterocycles. The van der Waals surface area contributed by atoms with E-state index in [1.165, 1.54) is 0 Å². The number of benzene rings is 2. The molecule has 0 fully saturated rings. The van der Waals surface area contributed by atoms with E-state index in [2.05, 4.69) is 18.0 Å². The van der Waals surface area contributed by atoms with Crippen molar-refractivity contribution in [2.45, 2.75) is 53.2 Å². The first-order valence-electron chi connectivity index (χ1n) is 10.7. The van der Waals surface area contributed by atoms with Gasteiger partial charge in [0.25, 0.3) is 0 Å². The van der Waals surface area contributed by atoms with Crippen molar-refractivity contribution < 1.29 is 14.6 Å². The van der Waals surface area contributed by atoms with Crippen molar-refractivity contribution in [3.8, 4) is 11.1 Å². The Hall–Kier alpha value is -3.31. The van der Waals surface area contributed by atoms with Gasteiger partial charge in [-0.05, 0) is 64.8 Å². The first kappa shape index (κ1) is 21.9. The maximum Gasteiger partial charge on any atom is 0.337 e. The molecule has 0 unspecified atom stereocenters. The van der Waals surface area contributed by atoms with Crippen molar-refractivity contribution in [2.75, 3.05) is 0 Å². The maximum absolute atomic E-state index is 12.5. The van der Waals surface area contributed by atoms with Crippen molar-refractivity contribution in [3.05, 3.63) is 71.0 Å². The molecule has 0 aliphatic heterocycles. The summed E-state index contributed by atoms with van der Waals surface area (Å²) in [4.78, 5) is 21.9. The molecule has 5 heteroatoms. The highest BCUT2D eigenvalue weighted by atomic mass is 16.5. The molecule has 2 heterocycles. The van der Waals surface area contributed by atoms with Gasteiger partial charge in [-0.3, -0.25) is 9.97 Å². The lowest BCUT2D eigenvalue weighted by molar-refractivity contribution is -0.160. The van der Waals surface area contributed by atoms with E-state index in [0.717, 1.165) is 44.1 Å². The van der Waals surface area contributed by atoms with Gasteiger partial charge < -0.3 is 9.84 Å². The van der Waals surface area contributed by atoms with Crippen LogP contribution in [0.4, 0.5) is 0 Å². The molecule has 0 radical (unpaired) electrons. The first-order chi connectivity index (χ1) is 15.1. The Morgan fingerprint density at radius 1 is 1.03 bits per heavy atom. The fourth-order valence-electron chi connectivity index (χ4n) is 4.23. The Morgan fingerprint density at radius 2 is 1.78 bits per heavy atom. The van der Waals surface area contributed by atoms with Crippen molar-refractivity contribution in [1.82, 2.24) is 9.97 Å². The minimum Gasteiger partial charge on any atom is -0.479 e. The quantitative estimate of drug-likeness (QED) is 0.412. The van der Waals surface area contributed by atoms with Gasteiger partial charge in [0.2, 0.25) is 0 Å². The highest BCUT2D eigenvalue weighted by Gasteiger charge is 2.32. The molecular formula is C27H28N2O3. The summed E-state index contributed by atoms with van der Waals surface area (Å²) in [6, 6.07) is 14.1. The van der Waals surface area contributed by atoms with E-state index in [4.69, 9.17) is 9.72 Å². The van der Waals surface area contributed by atoms with Crippen molar-refractivity contribution in [3.63, 3.8) is 0 Å². The number of aryl methyl sites for hydroxylation is 3. The van der Waals surface area contributed by atoms with Crippen LogP contribution in [0.3, 0.4) is 0 Å². The molecule has 164 valence electrons. The molecular weight excluding hydrogens is 400 g/mol. The number of ether oxygens (including phenoxy) is 1. The molecule has 0 spiro atoms. The smallest absolute Gasteiger partial charge is 0.337 e. The van der Waals surface area contributed by atoms with Gasteiger partial charge in [0.15, 0.2) is 6.10 Å². The van der Waals surface area contributed by atoms with Crippen LogP contribution in [0.15, 0.2) is 48.7 Å². The molecule has 2 aromatic carbocycles. The fraction of sp³-hybridized carbons (Fsp3) is 0.296. The normalized spacial score (nSPS) is 12.9. The first-order valence-corrected chi connectivity index (χ1v) is 10.7. The predicted molar refractivity (Wildman–Crippen MR) is 128 cm³/mol. The lowest BCUT2D eigenvalue weighted by atomic mass is 9.88. The average Bonchev–Trinajstić information content (AvgIpc) is 2.71. The van der Waals surface area contributed by atoms with E-state index >= 15 is 0 Å². The summed E-state index contributed by atoms with van der Waals surface area (Å²) in [6.07, 6.45) is 0.606. The number of carboxylic acid groups (broad SMARTS) is 1. The van der Waals surface area contributed by atoms with Gasteiger partial charge >= 0.3 is 5.97 Å². The fourth-order valence-corrected chi connectivity index (χ4v) is 4.23. The zero-order chi connectivity index (χ0) is 23.2. The molecule has 5 nitrogen and oxygen atoms in total. The summed E-state index contributed by atoms with van der Waals surface area (Å²) in [5.74, 6) is -1.04. The summed E-state index contributed by atoms with van der Waals surface area (Å²) in [5.41, 5.74) is 6.12. The molecule has 32 heavy (non-hydrogen) atoms. The van der Waals surface area contributed by atoms with Crippen LogP contribution in [0.2, 0.25) is 0 Å². The minimum atomic E-state index is -1.16. The van der Waals surface area contributed by atoms with E-state index in [0.29, 0.717) is 11.3 Å². The van der Waals surface area contributed by atoms with Crippen LogP contribution in [-0.2, 0) is 9.53 Å². The van der Waals surface area contributed by atoms with Crippen LogP contribution >= 0.6 is 0 Å². The van der Waals surface area contributed by atoms with Gasteiger partial charge in [0.05, 0.1) is 16.6 Å². The summed E-state index contributed by atoms with van der Waals surface area (Å²) in [7, 11) is 0. The number of carbonyl (C=O) groups is 1. The molecule has 0 bridgehead atoms. The minimum absolute atomic E-state index is 0.569. The van der Waals surface area contributed by atoms with Gasteiger partial charge in [0, 0.05) is 39.4 Å². The van der Waals surface area contributed by atoms with Gasteiger partial charge in [0.1, 0.15) is 0 Å². The van der Waals surface area contributed by atoms with Crippen molar-refractivity contribution in [2.24, 2.45) is 0 Å². The summed E-state index contributed by atoms with van der Waals surface area (Å²) >= 11 is 0. The van der Waals surface area contributed by atoms with E-state index in [1.54, 1.807) is 6.20 Å². The molecule has 0 saturated carbocycles. The zero-order valence-electron chi connectivity index (χ0n) is 19.4. The van der Waals surface area contributed by atoms with Crippen LogP contribution in [0.25, 0.3) is 32.9 Å². The average molecular weight is 429 g/mol. The van der Waals surface area contributed by atoms with E-state index in [9.17, 15) is 9.90 Å². The molecule has 0 aliphatic carbocycles. The Kier molecular flexibility index (Phi) is 5.47. The highest BCUT2D eigenvalue weighted by Crippen LogP contribution is 2.42. The largest absolute Gasteiger partial charge is 0.479 e.